The molecule has 0 spiro atoms. The van der Waals surface area contributed by atoms with E-state index in [9.17, 15) is 13.2 Å². The Kier molecular flexibility index (Phi) is 6.94. The van der Waals surface area contributed by atoms with Crippen molar-refractivity contribution < 1.29 is 13.2 Å². The van der Waals surface area contributed by atoms with Crippen molar-refractivity contribution in [2.24, 2.45) is 11.7 Å². The molecule has 3 atom stereocenters. The number of halogens is 1. The first-order valence-corrected chi connectivity index (χ1v) is 9.51. The number of sulfone groups is 1. The van der Waals surface area contributed by atoms with E-state index in [1.54, 1.807) is 0 Å². The lowest BCUT2D eigenvalue weighted by atomic mass is 10.0. The molecular weight excluding hydrogens is 312 g/mol. The van der Waals surface area contributed by atoms with Gasteiger partial charge in [0.05, 0.1) is 11.5 Å². The van der Waals surface area contributed by atoms with Crippen LogP contribution in [0.25, 0.3) is 0 Å². The van der Waals surface area contributed by atoms with Crippen molar-refractivity contribution in [1.82, 2.24) is 4.90 Å². The topological polar surface area (TPSA) is 80.5 Å². The number of carbonyl (C=O) groups is 1. The molecule has 124 valence electrons. The van der Waals surface area contributed by atoms with Crippen LogP contribution in [0.4, 0.5) is 0 Å². The summed E-state index contributed by atoms with van der Waals surface area (Å²) in [6, 6.07) is 0.0140. The minimum Gasteiger partial charge on any atom is -0.338 e. The summed E-state index contributed by atoms with van der Waals surface area (Å²) in [6.07, 6.45) is 5.04. The summed E-state index contributed by atoms with van der Waals surface area (Å²) in [4.78, 5) is 14.5. The Morgan fingerprint density at radius 3 is 2.48 bits per heavy atom. The van der Waals surface area contributed by atoms with Crippen LogP contribution in [0.1, 0.15) is 45.4 Å². The fraction of sp³-hybridized carbons (Fsp3) is 0.929. The van der Waals surface area contributed by atoms with E-state index in [1.165, 1.54) is 0 Å². The molecule has 1 saturated heterocycles. The van der Waals surface area contributed by atoms with Gasteiger partial charge in [0.15, 0.2) is 9.84 Å². The second-order valence-electron chi connectivity index (χ2n) is 6.21. The lowest BCUT2D eigenvalue weighted by Crippen LogP contribution is -2.44. The Hall–Kier alpha value is -0.330. The van der Waals surface area contributed by atoms with Gasteiger partial charge in [-0.25, -0.2) is 8.42 Å². The van der Waals surface area contributed by atoms with Crippen molar-refractivity contribution in [2.45, 2.75) is 57.5 Å². The number of rotatable bonds is 5. The number of hydrogen-bond acceptors (Lipinski definition) is 4. The number of nitrogens with two attached hydrogens (primary N) is 1. The molecule has 0 bridgehead atoms. The van der Waals surface area contributed by atoms with Crippen LogP contribution in [0, 0.1) is 5.92 Å². The molecule has 21 heavy (non-hydrogen) atoms. The van der Waals surface area contributed by atoms with Gasteiger partial charge in [-0.05, 0) is 32.1 Å². The number of amides is 1. The molecule has 2 fully saturated rings. The third kappa shape index (κ3) is 4.83. The van der Waals surface area contributed by atoms with Crippen molar-refractivity contribution >= 4 is 28.2 Å². The van der Waals surface area contributed by atoms with E-state index in [1.807, 2.05) is 4.90 Å². The van der Waals surface area contributed by atoms with Gasteiger partial charge in [0.1, 0.15) is 0 Å². The highest BCUT2D eigenvalue weighted by Crippen LogP contribution is 2.28. The molecule has 1 heterocycles. The van der Waals surface area contributed by atoms with Crippen LogP contribution in [0.3, 0.4) is 0 Å². The van der Waals surface area contributed by atoms with Gasteiger partial charge in [-0.15, -0.1) is 12.4 Å². The molecule has 0 radical (unpaired) electrons. The van der Waals surface area contributed by atoms with Gasteiger partial charge in [0.2, 0.25) is 5.91 Å². The summed E-state index contributed by atoms with van der Waals surface area (Å²) in [5, 5.41) is 0. The van der Waals surface area contributed by atoms with Gasteiger partial charge in [-0.1, -0.05) is 13.3 Å². The number of unbranched alkanes of at least 4 members (excludes halogenated alkanes) is 1. The average molecular weight is 339 g/mol. The van der Waals surface area contributed by atoms with Crippen molar-refractivity contribution in [3.05, 3.63) is 0 Å². The molecule has 0 aromatic carbocycles. The second kappa shape index (κ2) is 7.79. The fourth-order valence-corrected chi connectivity index (χ4v) is 5.03. The number of hydrogen-bond donors (Lipinski definition) is 1. The molecule has 2 aliphatic rings. The Balaban J connectivity index is 0.00000220. The SMILES string of the molecule is CCCCN(C(=O)C1CCC(N)C1)C1CCS(=O)(=O)C1.Cl. The monoisotopic (exact) mass is 338 g/mol. The predicted molar refractivity (Wildman–Crippen MR) is 86.2 cm³/mol. The molecule has 1 saturated carbocycles. The van der Waals surface area contributed by atoms with Crippen molar-refractivity contribution in [2.75, 3.05) is 18.1 Å². The molecule has 0 aromatic rings. The van der Waals surface area contributed by atoms with Gasteiger partial charge in [0, 0.05) is 24.5 Å². The summed E-state index contributed by atoms with van der Waals surface area (Å²) in [6.45, 7) is 2.76. The fourth-order valence-electron chi connectivity index (χ4n) is 3.30. The molecular formula is C14H27ClN2O3S. The van der Waals surface area contributed by atoms with E-state index in [0.717, 1.165) is 32.1 Å². The van der Waals surface area contributed by atoms with Gasteiger partial charge >= 0.3 is 0 Å². The van der Waals surface area contributed by atoms with Gasteiger partial charge in [-0.3, -0.25) is 4.79 Å². The minimum absolute atomic E-state index is 0. The zero-order valence-electron chi connectivity index (χ0n) is 12.7. The highest BCUT2D eigenvalue weighted by atomic mass is 35.5. The molecule has 0 aromatic heterocycles. The van der Waals surface area contributed by atoms with Crippen LogP contribution in [0.2, 0.25) is 0 Å². The molecule has 2 rings (SSSR count). The molecule has 1 aliphatic carbocycles. The molecule has 1 amide bonds. The largest absolute Gasteiger partial charge is 0.338 e. The summed E-state index contributed by atoms with van der Waals surface area (Å²) in [5.74, 6) is 0.498. The van der Waals surface area contributed by atoms with Crippen LogP contribution < -0.4 is 5.73 Å². The summed E-state index contributed by atoms with van der Waals surface area (Å²) < 4.78 is 23.3. The average Bonchev–Trinajstić information content (AvgIpc) is 2.96. The summed E-state index contributed by atoms with van der Waals surface area (Å²) in [7, 11) is -2.95. The van der Waals surface area contributed by atoms with E-state index in [2.05, 4.69) is 6.92 Å². The zero-order chi connectivity index (χ0) is 14.8. The van der Waals surface area contributed by atoms with Crippen LogP contribution in [-0.4, -0.2) is 49.4 Å². The summed E-state index contributed by atoms with van der Waals surface area (Å²) >= 11 is 0. The Morgan fingerprint density at radius 2 is 2.00 bits per heavy atom. The third-order valence-corrected chi connectivity index (χ3v) is 6.26. The highest BCUT2D eigenvalue weighted by Gasteiger charge is 2.38. The third-order valence-electron chi connectivity index (χ3n) is 4.51. The van der Waals surface area contributed by atoms with E-state index < -0.39 is 9.84 Å². The lowest BCUT2D eigenvalue weighted by molar-refractivity contribution is -0.137. The van der Waals surface area contributed by atoms with Crippen LogP contribution in [-0.2, 0) is 14.6 Å². The zero-order valence-corrected chi connectivity index (χ0v) is 14.3. The normalized spacial score (nSPS) is 30.9. The smallest absolute Gasteiger partial charge is 0.226 e. The predicted octanol–water partition coefficient (Wildman–Crippen LogP) is 1.35. The first kappa shape index (κ1) is 18.7. The quantitative estimate of drug-likeness (QED) is 0.820. The Bertz CT molecular complexity index is 455. The molecule has 2 N–H and O–H groups in total. The van der Waals surface area contributed by atoms with Crippen molar-refractivity contribution in [3.63, 3.8) is 0 Å². The second-order valence-corrected chi connectivity index (χ2v) is 8.44. The molecule has 7 heteroatoms. The molecule has 5 nitrogen and oxygen atoms in total. The first-order valence-electron chi connectivity index (χ1n) is 7.69. The van der Waals surface area contributed by atoms with E-state index >= 15 is 0 Å². The van der Waals surface area contributed by atoms with Gasteiger partial charge < -0.3 is 10.6 Å². The van der Waals surface area contributed by atoms with Crippen LogP contribution in [0.5, 0.6) is 0 Å². The van der Waals surface area contributed by atoms with Crippen LogP contribution in [0.15, 0.2) is 0 Å². The maximum Gasteiger partial charge on any atom is 0.226 e. The number of nitrogens with zero attached hydrogens (tertiary/aromatic N) is 1. The Morgan fingerprint density at radius 1 is 1.29 bits per heavy atom. The van der Waals surface area contributed by atoms with Crippen molar-refractivity contribution in [3.8, 4) is 0 Å². The van der Waals surface area contributed by atoms with E-state index in [-0.39, 0.29) is 47.8 Å². The highest BCUT2D eigenvalue weighted by molar-refractivity contribution is 7.91. The lowest BCUT2D eigenvalue weighted by Gasteiger charge is -2.30. The Labute approximate surface area is 134 Å². The van der Waals surface area contributed by atoms with E-state index in [4.69, 9.17) is 5.73 Å². The van der Waals surface area contributed by atoms with Crippen LogP contribution >= 0.6 is 12.4 Å². The van der Waals surface area contributed by atoms with E-state index in [0.29, 0.717) is 13.0 Å². The van der Waals surface area contributed by atoms with Gasteiger partial charge in [0.25, 0.3) is 0 Å². The minimum atomic E-state index is -2.95. The van der Waals surface area contributed by atoms with Gasteiger partial charge in [-0.2, -0.15) is 0 Å². The maximum atomic E-state index is 12.7. The standard InChI is InChI=1S/C14H26N2O3S.ClH/c1-2-3-7-16(13-6-8-20(18,19)10-13)14(17)11-4-5-12(15)9-11;/h11-13H,2-10,15H2,1H3;1H. The number of carbonyl (C=O) groups excluding carboxylic acids is 1. The molecule has 3 unspecified atom stereocenters. The van der Waals surface area contributed by atoms with Crippen molar-refractivity contribution in [1.29, 1.82) is 0 Å². The maximum absolute atomic E-state index is 12.7. The molecule has 1 aliphatic heterocycles. The summed E-state index contributed by atoms with van der Waals surface area (Å²) in [5.41, 5.74) is 5.89. The first-order chi connectivity index (χ1) is 9.43.